The Bertz CT molecular complexity index is 496. The predicted octanol–water partition coefficient (Wildman–Crippen LogP) is 0.293. The van der Waals surface area contributed by atoms with Gasteiger partial charge in [0.15, 0.2) is 0 Å². The second-order valence-corrected chi connectivity index (χ2v) is 5.60. The molecular weight excluding hydrogens is 278 g/mol. The Morgan fingerprint density at radius 2 is 2.30 bits per heavy atom. The molecule has 0 bridgehead atoms. The number of piperazine rings is 1. The Labute approximate surface area is 123 Å². The van der Waals surface area contributed by atoms with E-state index < -0.39 is 0 Å². The van der Waals surface area contributed by atoms with Gasteiger partial charge in [0.05, 0.1) is 10.6 Å². The minimum absolute atomic E-state index is 0.180. The van der Waals surface area contributed by atoms with Crippen molar-refractivity contribution >= 4 is 23.3 Å². The maximum atomic E-state index is 12.1. The van der Waals surface area contributed by atoms with Crippen molar-refractivity contribution < 1.29 is 4.79 Å². The van der Waals surface area contributed by atoms with Gasteiger partial charge in [0.1, 0.15) is 5.82 Å². The summed E-state index contributed by atoms with van der Waals surface area (Å²) >= 11 is 5.87. The minimum Gasteiger partial charge on any atom is -0.382 e. The second-order valence-electron chi connectivity index (χ2n) is 5.20. The topological polar surface area (TPSA) is 74.5 Å². The van der Waals surface area contributed by atoms with Crippen LogP contribution in [-0.2, 0) is 0 Å². The second kappa shape index (κ2) is 6.39. The van der Waals surface area contributed by atoms with E-state index in [2.05, 4.69) is 34.2 Å². The van der Waals surface area contributed by atoms with Crippen molar-refractivity contribution in [2.45, 2.75) is 6.04 Å². The molecule has 1 saturated heterocycles. The molecule has 1 aromatic rings. The first-order valence-electron chi connectivity index (χ1n) is 6.55. The third kappa shape index (κ3) is 3.59. The molecular formula is C13H20ClN5O. The lowest BCUT2D eigenvalue weighted by Gasteiger charge is -2.37. The van der Waals surface area contributed by atoms with Gasteiger partial charge in [-0.25, -0.2) is 4.98 Å². The van der Waals surface area contributed by atoms with Crippen molar-refractivity contribution in [1.82, 2.24) is 20.1 Å². The summed E-state index contributed by atoms with van der Waals surface area (Å²) < 4.78 is 0. The number of hydrogen-bond acceptors (Lipinski definition) is 5. The lowest BCUT2D eigenvalue weighted by molar-refractivity contribution is 0.0881. The van der Waals surface area contributed by atoms with Crippen LogP contribution in [0.5, 0.6) is 0 Å². The summed E-state index contributed by atoms with van der Waals surface area (Å²) in [6.45, 7) is 3.60. The normalized spacial score (nSPS) is 20.9. The standard InChI is InChI=1S/C13H20ClN5O/c1-18-3-4-19(2)10(8-18)7-17-13(20)9-5-11(14)12(15)16-6-9/h5-6,10H,3-4,7-8H2,1-2H3,(H2,15,16)(H,17,20). The molecule has 20 heavy (non-hydrogen) atoms. The Balaban J connectivity index is 1.92. The van der Waals surface area contributed by atoms with Gasteiger partial charge in [-0.15, -0.1) is 0 Å². The number of nitrogens with zero attached hydrogens (tertiary/aromatic N) is 3. The van der Waals surface area contributed by atoms with Gasteiger partial charge in [-0.3, -0.25) is 9.69 Å². The van der Waals surface area contributed by atoms with Crippen molar-refractivity contribution in [3.63, 3.8) is 0 Å². The maximum absolute atomic E-state index is 12.1. The van der Waals surface area contributed by atoms with E-state index in [1.54, 1.807) is 0 Å². The van der Waals surface area contributed by atoms with Gasteiger partial charge >= 0.3 is 0 Å². The van der Waals surface area contributed by atoms with Gasteiger partial charge in [0.2, 0.25) is 0 Å². The van der Waals surface area contributed by atoms with Crippen molar-refractivity contribution in [3.05, 3.63) is 22.8 Å². The molecule has 110 valence electrons. The molecule has 1 aliphatic rings. The predicted molar refractivity (Wildman–Crippen MR) is 79.9 cm³/mol. The number of pyridine rings is 1. The molecule has 0 aromatic carbocycles. The van der Waals surface area contributed by atoms with Crippen molar-refractivity contribution in [2.24, 2.45) is 0 Å². The zero-order chi connectivity index (χ0) is 14.7. The van der Waals surface area contributed by atoms with Crippen molar-refractivity contribution in [1.29, 1.82) is 0 Å². The van der Waals surface area contributed by atoms with Crippen LogP contribution in [0.1, 0.15) is 10.4 Å². The van der Waals surface area contributed by atoms with Crippen LogP contribution in [0.3, 0.4) is 0 Å². The number of aromatic nitrogens is 1. The first kappa shape index (κ1) is 15.0. The van der Waals surface area contributed by atoms with Gasteiger partial charge in [-0.2, -0.15) is 0 Å². The number of rotatable bonds is 3. The molecule has 3 N–H and O–H groups in total. The number of carbonyl (C=O) groups excluding carboxylic acids is 1. The molecule has 6 nitrogen and oxygen atoms in total. The lowest BCUT2D eigenvalue weighted by Crippen LogP contribution is -2.54. The van der Waals surface area contributed by atoms with Crippen LogP contribution >= 0.6 is 11.6 Å². The van der Waals surface area contributed by atoms with Gasteiger partial charge in [0.25, 0.3) is 5.91 Å². The number of nitrogens with two attached hydrogens (primary N) is 1. The molecule has 0 spiro atoms. The lowest BCUT2D eigenvalue weighted by atomic mass is 10.2. The SMILES string of the molecule is CN1CCN(C)C(CNC(=O)c2cnc(N)c(Cl)c2)C1. The summed E-state index contributed by atoms with van der Waals surface area (Å²) in [4.78, 5) is 20.5. The van der Waals surface area contributed by atoms with Gasteiger partial charge in [-0.1, -0.05) is 11.6 Å². The molecule has 1 fully saturated rings. The largest absolute Gasteiger partial charge is 0.382 e. The number of anilines is 1. The fourth-order valence-electron chi connectivity index (χ4n) is 2.21. The van der Waals surface area contributed by atoms with E-state index in [-0.39, 0.29) is 11.7 Å². The highest BCUT2D eigenvalue weighted by molar-refractivity contribution is 6.33. The third-order valence-corrected chi connectivity index (χ3v) is 3.91. The Morgan fingerprint density at radius 3 is 3.00 bits per heavy atom. The van der Waals surface area contributed by atoms with Crippen molar-refractivity contribution in [2.75, 3.05) is 46.0 Å². The number of amides is 1. The summed E-state index contributed by atoms with van der Waals surface area (Å²) in [6.07, 6.45) is 1.44. The molecule has 0 saturated carbocycles. The number of nitrogen functional groups attached to an aromatic ring is 1. The molecule has 7 heteroatoms. The van der Waals surface area contributed by atoms with Crippen LogP contribution in [0.25, 0.3) is 0 Å². The highest BCUT2D eigenvalue weighted by atomic mass is 35.5. The van der Waals surface area contributed by atoms with Crippen LogP contribution in [-0.4, -0.2) is 67.0 Å². The Hall–Kier alpha value is -1.37. The van der Waals surface area contributed by atoms with Gasteiger partial charge in [0, 0.05) is 38.4 Å². The van der Waals surface area contributed by atoms with Crippen LogP contribution < -0.4 is 11.1 Å². The fourth-order valence-corrected chi connectivity index (χ4v) is 2.37. The first-order chi connectivity index (χ1) is 9.47. The van der Waals surface area contributed by atoms with Crippen LogP contribution in [0.4, 0.5) is 5.82 Å². The molecule has 2 heterocycles. The minimum atomic E-state index is -0.180. The van der Waals surface area contributed by atoms with Gasteiger partial charge in [-0.05, 0) is 20.2 Å². The summed E-state index contributed by atoms with van der Waals surface area (Å²) in [5.41, 5.74) is 5.95. The highest BCUT2D eigenvalue weighted by Crippen LogP contribution is 2.16. The Kier molecular flexibility index (Phi) is 4.80. The molecule has 1 aromatic heterocycles. The molecule has 2 rings (SSSR count). The molecule has 1 unspecified atom stereocenters. The van der Waals surface area contributed by atoms with E-state index in [9.17, 15) is 4.79 Å². The van der Waals surface area contributed by atoms with Crippen molar-refractivity contribution in [3.8, 4) is 0 Å². The van der Waals surface area contributed by atoms with E-state index in [1.807, 2.05) is 0 Å². The number of carbonyl (C=O) groups is 1. The van der Waals surface area contributed by atoms with E-state index >= 15 is 0 Å². The average Bonchev–Trinajstić information content (AvgIpc) is 2.42. The summed E-state index contributed by atoms with van der Waals surface area (Å²) in [5.74, 6) is 0.0536. The number of halogens is 1. The fraction of sp³-hybridized carbons (Fsp3) is 0.538. The zero-order valence-electron chi connectivity index (χ0n) is 11.8. The average molecular weight is 298 g/mol. The first-order valence-corrected chi connectivity index (χ1v) is 6.93. The van der Waals surface area contributed by atoms with Crippen LogP contribution in [0.15, 0.2) is 12.3 Å². The van der Waals surface area contributed by atoms with E-state index in [4.69, 9.17) is 17.3 Å². The summed E-state index contributed by atoms with van der Waals surface area (Å²) in [6, 6.07) is 1.85. The van der Waals surface area contributed by atoms with E-state index in [0.717, 1.165) is 19.6 Å². The maximum Gasteiger partial charge on any atom is 0.252 e. The monoisotopic (exact) mass is 297 g/mol. The molecule has 1 amide bonds. The summed E-state index contributed by atoms with van der Waals surface area (Å²) in [7, 11) is 4.16. The van der Waals surface area contributed by atoms with Crippen LogP contribution in [0.2, 0.25) is 5.02 Å². The zero-order valence-corrected chi connectivity index (χ0v) is 12.5. The molecule has 0 radical (unpaired) electrons. The number of likely N-dealkylation sites (N-methyl/N-ethyl adjacent to an activating group) is 2. The molecule has 0 aliphatic carbocycles. The summed E-state index contributed by atoms with van der Waals surface area (Å²) in [5, 5.41) is 3.22. The Morgan fingerprint density at radius 1 is 1.55 bits per heavy atom. The van der Waals surface area contributed by atoms with E-state index in [1.165, 1.54) is 12.3 Å². The number of hydrogen-bond donors (Lipinski definition) is 2. The third-order valence-electron chi connectivity index (χ3n) is 3.61. The highest BCUT2D eigenvalue weighted by Gasteiger charge is 2.22. The van der Waals surface area contributed by atoms with Crippen LogP contribution in [0, 0.1) is 0 Å². The quantitative estimate of drug-likeness (QED) is 0.839. The van der Waals surface area contributed by atoms with Gasteiger partial charge < -0.3 is 16.0 Å². The molecule has 1 atom stereocenters. The number of nitrogens with one attached hydrogen (secondary N) is 1. The molecule has 1 aliphatic heterocycles. The van der Waals surface area contributed by atoms with E-state index in [0.29, 0.717) is 23.2 Å². The smallest absolute Gasteiger partial charge is 0.252 e.